The average molecular weight is 414 g/mol. The first-order chi connectivity index (χ1) is 13.0. The van der Waals surface area contributed by atoms with Crippen molar-refractivity contribution in [1.29, 1.82) is 0 Å². The Kier molecular flexibility index (Phi) is 4.76. The molecule has 3 N–H and O–H groups in total. The molecule has 1 fully saturated rings. The minimum absolute atomic E-state index is 0.234. The van der Waals surface area contributed by atoms with Crippen molar-refractivity contribution in [2.24, 2.45) is 0 Å². The standard InChI is InChI=1S/C18H15ClF3N3O3/c1-24-16(28)25(12-5-6-14(23)13(8-12)18(20,21)22)15(27)17(24,9-26)10-3-2-4-11(19)7-10/h2-8,26H,9,23H2,1H3. The Labute approximate surface area is 162 Å². The van der Waals surface area contributed by atoms with Crippen LogP contribution < -0.4 is 10.6 Å². The van der Waals surface area contributed by atoms with Crippen LogP contribution in [0.4, 0.5) is 29.3 Å². The molecule has 3 amide bonds. The molecule has 28 heavy (non-hydrogen) atoms. The lowest BCUT2D eigenvalue weighted by Crippen LogP contribution is -2.48. The molecule has 2 aromatic rings. The lowest BCUT2D eigenvalue weighted by molar-refractivity contribution is -0.137. The van der Waals surface area contributed by atoms with Crippen molar-refractivity contribution in [3.05, 3.63) is 58.6 Å². The molecule has 0 bridgehead atoms. The molecule has 1 saturated heterocycles. The summed E-state index contributed by atoms with van der Waals surface area (Å²) in [6, 6.07) is 7.84. The van der Waals surface area contributed by atoms with E-state index >= 15 is 0 Å². The molecule has 0 radical (unpaired) electrons. The second kappa shape index (κ2) is 6.68. The molecule has 0 spiro atoms. The number of hydrogen-bond acceptors (Lipinski definition) is 4. The van der Waals surface area contributed by atoms with Crippen LogP contribution in [0.3, 0.4) is 0 Å². The number of carbonyl (C=O) groups excluding carboxylic acids is 2. The molecule has 0 saturated carbocycles. The van der Waals surface area contributed by atoms with Crippen LogP contribution in [-0.2, 0) is 16.5 Å². The highest BCUT2D eigenvalue weighted by molar-refractivity contribution is 6.30. The van der Waals surface area contributed by atoms with Crippen LogP contribution in [0.15, 0.2) is 42.5 Å². The first-order valence-corrected chi connectivity index (χ1v) is 8.38. The van der Waals surface area contributed by atoms with Crippen molar-refractivity contribution >= 4 is 34.9 Å². The van der Waals surface area contributed by atoms with E-state index in [0.717, 1.165) is 17.0 Å². The summed E-state index contributed by atoms with van der Waals surface area (Å²) < 4.78 is 39.5. The molecule has 1 aliphatic heterocycles. The van der Waals surface area contributed by atoms with E-state index in [1.54, 1.807) is 6.07 Å². The summed E-state index contributed by atoms with van der Waals surface area (Å²) >= 11 is 5.97. The Morgan fingerprint density at radius 2 is 1.86 bits per heavy atom. The molecule has 1 atom stereocenters. The maximum absolute atomic E-state index is 13.2. The van der Waals surface area contributed by atoms with Gasteiger partial charge in [0.1, 0.15) is 0 Å². The van der Waals surface area contributed by atoms with Gasteiger partial charge in [-0.3, -0.25) is 4.79 Å². The number of rotatable bonds is 3. The van der Waals surface area contributed by atoms with Gasteiger partial charge in [-0.15, -0.1) is 0 Å². The number of amides is 3. The number of anilines is 2. The van der Waals surface area contributed by atoms with E-state index in [2.05, 4.69) is 0 Å². The van der Waals surface area contributed by atoms with E-state index in [4.69, 9.17) is 17.3 Å². The first kappa shape index (κ1) is 20.0. The molecule has 0 aliphatic carbocycles. The van der Waals surface area contributed by atoms with Gasteiger partial charge in [0.2, 0.25) is 0 Å². The summed E-state index contributed by atoms with van der Waals surface area (Å²) in [6.07, 6.45) is -4.77. The van der Waals surface area contributed by atoms with Crippen LogP contribution >= 0.6 is 11.6 Å². The zero-order valence-corrected chi connectivity index (χ0v) is 15.3. The number of carbonyl (C=O) groups is 2. The maximum atomic E-state index is 13.2. The van der Waals surface area contributed by atoms with Crippen LogP contribution in [-0.4, -0.2) is 35.6 Å². The van der Waals surface area contributed by atoms with Crippen LogP contribution in [0.2, 0.25) is 5.02 Å². The second-order valence-corrected chi connectivity index (χ2v) is 6.72. The number of aliphatic hydroxyl groups excluding tert-OH is 1. The van der Waals surface area contributed by atoms with Gasteiger partial charge in [-0.05, 0) is 35.9 Å². The van der Waals surface area contributed by atoms with Gasteiger partial charge in [-0.2, -0.15) is 13.2 Å². The highest BCUT2D eigenvalue weighted by Gasteiger charge is 2.57. The molecule has 1 unspecified atom stereocenters. The molecule has 3 rings (SSSR count). The van der Waals surface area contributed by atoms with Crippen molar-refractivity contribution < 1.29 is 27.9 Å². The van der Waals surface area contributed by atoms with Crippen LogP contribution in [0.5, 0.6) is 0 Å². The fourth-order valence-electron chi connectivity index (χ4n) is 3.21. The van der Waals surface area contributed by atoms with Crippen molar-refractivity contribution in [2.45, 2.75) is 11.7 Å². The quantitative estimate of drug-likeness (QED) is 0.597. The fourth-order valence-corrected chi connectivity index (χ4v) is 3.40. The third-order valence-electron chi connectivity index (χ3n) is 4.74. The molecule has 10 heteroatoms. The van der Waals surface area contributed by atoms with Crippen molar-refractivity contribution in [3.63, 3.8) is 0 Å². The van der Waals surface area contributed by atoms with Gasteiger partial charge < -0.3 is 15.7 Å². The van der Waals surface area contributed by atoms with E-state index in [9.17, 15) is 27.9 Å². The predicted octanol–water partition coefficient (Wildman–Crippen LogP) is 3.23. The highest BCUT2D eigenvalue weighted by Crippen LogP contribution is 2.41. The fraction of sp³-hybridized carbons (Fsp3) is 0.222. The molecule has 1 heterocycles. The van der Waals surface area contributed by atoms with E-state index in [1.165, 1.54) is 25.2 Å². The van der Waals surface area contributed by atoms with Gasteiger partial charge >= 0.3 is 12.2 Å². The number of nitrogens with two attached hydrogens (primary N) is 1. The Balaban J connectivity index is 2.16. The lowest BCUT2D eigenvalue weighted by atomic mass is 9.89. The number of benzene rings is 2. The average Bonchev–Trinajstić information content (AvgIpc) is 2.81. The van der Waals surface area contributed by atoms with Crippen molar-refractivity contribution in [3.8, 4) is 0 Å². The molecule has 1 aliphatic rings. The molecule has 148 valence electrons. The van der Waals surface area contributed by atoms with E-state index in [-0.39, 0.29) is 16.3 Å². The minimum atomic E-state index is -4.77. The Bertz CT molecular complexity index is 967. The third-order valence-corrected chi connectivity index (χ3v) is 4.97. The highest BCUT2D eigenvalue weighted by atomic mass is 35.5. The summed E-state index contributed by atoms with van der Waals surface area (Å²) in [5, 5.41) is 10.3. The number of nitrogens with zero attached hydrogens (tertiary/aromatic N) is 2. The predicted molar refractivity (Wildman–Crippen MR) is 96.7 cm³/mol. The van der Waals surface area contributed by atoms with Crippen LogP contribution in [0.25, 0.3) is 0 Å². The smallest absolute Gasteiger partial charge is 0.398 e. The van der Waals surface area contributed by atoms with E-state index < -0.39 is 41.5 Å². The monoisotopic (exact) mass is 413 g/mol. The molecule has 0 aromatic heterocycles. The Hall–Kier alpha value is -2.78. The number of imide groups is 1. The van der Waals surface area contributed by atoms with Gasteiger partial charge in [0.05, 0.1) is 17.9 Å². The van der Waals surface area contributed by atoms with Crippen molar-refractivity contribution in [1.82, 2.24) is 4.90 Å². The molecule has 6 nitrogen and oxygen atoms in total. The van der Waals surface area contributed by atoms with E-state index in [1.807, 2.05) is 0 Å². The summed E-state index contributed by atoms with van der Waals surface area (Å²) in [7, 11) is 1.28. The van der Waals surface area contributed by atoms with Crippen molar-refractivity contribution in [2.75, 3.05) is 24.3 Å². The summed E-state index contributed by atoms with van der Waals surface area (Å²) in [5.74, 6) is -0.900. The van der Waals surface area contributed by atoms with Crippen LogP contribution in [0.1, 0.15) is 11.1 Å². The first-order valence-electron chi connectivity index (χ1n) is 8.00. The lowest BCUT2D eigenvalue weighted by Gasteiger charge is -2.31. The molecular formula is C18H15ClF3N3O3. The number of alkyl halides is 3. The largest absolute Gasteiger partial charge is 0.418 e. The number of nitrogen functional groups attached to an aromatic ring is 1. The summed E-state index contributed by atoms with van der Waals surface area (Å²) in [5.41, 5.74) is 1.79. The summed E-state index contributed by atoms with van der Waals surface area (Å²) in [6.45, 7) is -0.786. The topological polar surface area (TPSA) is 86.9 Å². The van der Waals surface area contributed by atoms with Crippen LogP contribution in [0, 0.1) is 0 Å². The van der Waals surface area contributed by atoms with Gasteiger partial charge in [0, 0.05) is 17.8 Å². The minimum Gasteiger partial charge on any atom is -0.398 e. The molecule has 2 aromatic carbocycles. The van der Waals surface area contributed by atoms with Gasteiger partial charge in [0.15, 0.2) is 5.54 Å². The number of hydrogen-bond donors (Lipinski definition) is 2. The normalized spacial score (nSPS) is 20.2. The SMILES string of the molecule is CN1C(=O)N(c2ccc(N)c(C(F)(F)F)c2)C(=O)C1(CO)c1cccc(Cl)c1. The number of likely N-dealkylation sites (N-methyl/N-ethyl adjacent to an activating group) is 1. The summed E-state index contributed by atoms with van der Waals surface area (Å²) in [4.78, 5) is 27.5. The van der Waals surface area contributed by atoms with Gasteiger partial charge in [-0.25, -0.2) is 9.69 Å². The zero-order chi connectivity index (χ0) is 20.9. The number of urea groups is 1. The third kappa shape index (κ3) is 2.87. The zero-order valence-electron chi connectivity index (χ0n) is 14.5. The maximum Gasteiger partial charge on any atom is 0.418 e. The van der Waals surface area contributed by atoms with Gasteiger partial charge in [0.25, 0.3) is 5.91 Å². The second-order valence-electron chi connectivity index (χ2n) is 6.28. The Morgan fingerprint density at radius 3 is 2.43 bits per heavy atom. The molecular weight excluding hydrogens is 399 g/mol. The van der Waals surface area contributed by atoms with Gasteiger partial charge in [-0.1, -0.05) is 23.7 Å². The number of aliphatic hydroxyl groups is 1. The Morgan fingerprint density at radius 1 is 1.18 bits per heavy atom. The number of halogens is 4. The van der Waals surface area contributed by atoms with E-state index in [0.29, 0.717) is 11.0 Å².